The maximum Gasteiger partial charge on any atom is 0.262 e. The Morgan fingerprint density at radius 2 is 1.87 bits per heavy atom. The van der Waals surface area contributed by atoms with E-state index in [-0.39, 0.29) is 12.5 Å². The van der Waals surface area contributed by atoms with Gasteiger partial charge in [-0.3, -0.25) is 9.79 Å². The molecule has 0 saturated carbocycles. The molecule has 0 heterocycles. The molecule has 31 heavy (non-hydrogen) atoms. The monoisotopic (exact) mass is 528 g/mol. The SMILES string of the molecule is COc1cc(C=Nc2cccc(C)c2C)cc(I)c1OCC(=O)Nc1cccc(C)c1. The van der Waals surface area contributed by atoms with E-state index in [0.717, 1.165) is 31.6 Å². The van der Waals surface area contributed by atoms with Crippen LogP contribution in [0.15, 0.2) is 59.6 Å². The molecule has 0 fully saturated rings. The van der Waals surface area contributed by atoms with Gasteiger partial charge in [0, 0.05) is 11.9 Å². The van der Waals surface area contributed by atoms with Crippen molar-refractivity contribution in [3.05, 3.63) is 80.4 Å². The van der Waals surface area contributed by atoms with Crippen molar-refractivity contribution in [2.24, 2.45) is 4.99 Å². The predicted octanol–water partition coefficient (Wildman–Crippen LogP) is 5.99. The Kier molecular flexibility index (Phi) is 7.68. The summed E-state index contributed by atoms with van der Waals surface area (Å²) in [6.07, 6.45) is 1.81. The van der Waals surface area contributed by atoms with E-state index in [9.17, 15) is 4.79 Å². The molecule has 6 heteroatoms. The number of aliphatic imine (C=N–C) groups is 1. The Labute approximate surface area is 196 Å². The summed E-state index contributed by atoms with van der Waals surface area (Å²) in [5.74, 6) is 0.855. The molecule has 160 valence electrons. The first-order valence-corrected chi connectivity index (χ1v) is 10.9. The Balaban J connectivity index is 1.72. The fourth-order valence-corrected chi connectivity index (χ4v) is 3.81. The second kappa shape index (κ2) is 10.4. The van der Waals surface area contributed by atoms with Crippen LogP contribution < -0.4 is 14.8 Å². The third kappa shape index (κ3) is 6.07. The molecule has 0 saturated heterocycles. The number of aryl methyl sites for hydroxylation is 2. The number of carbonyl (C=O) groups excluding carboxylic acids is 1. The number of methoxy groups -OCH3 is 1. The summed E-state index contributed by atoms with van der Waals surface area (Å²) in [5, 5.41) is 2.84. The smallest absolute Gasteiger partial charge is 0.262 e. The maximum atomic E-state index is 12.3. The number of anilines is 1. The molecule has 0 spiro atoms. The highest BCUT2D eigenvalue weighted by Gasteiger charge is 2.13. The first-order chi connectivity index (χ1) is 14.9. The van der Waals surface area contributed by atoms with E-state index in [1.807, 2.05) is 55.5 Å². The van der Waals surface area contributed by atoms with Crippen molar-refractivity contribution in [1.29, 1.82) is 0 Å². The van der Waals surface area contributed by atoms with Gasteiger partial charge in [-0.2, -0.15) is 0 Å². The van der Waals surface area contributed by atoms with Gasteiger partial charge in [0.1, 0.15) is 0 Å². The molecular weight excluding hydrogens is 503 g/mol. The highest BCUT2D eigenvalue weighted by Crippen LogP contribution is 2.34. The number of benzene rings is 3. The largest absolute Gasteiger partial charge is 0.493 e. The molecule has 1 amide bonds. The summed E-state index contributed by atoms with van der Waals surface area (Å²) in [5.41, 5.74) is 6.00. The number of hydrogen-bond acceptors (Lipinski definition) is 4. The van der Waals surface area contributed by atoms with Crippen LogP contribution in [0, 0.1) is 24.3 Å². The van der Waals surface area contributed by atoms with E-state index in [1.165, 1.54) is 5.56 Å². The second-order valence-electron chi connectivity index (χ2n) is 7.22. The Morgan fingerprint density at radius 3 is 2.61 bits per heavy atom. The highest BCUT2D eigenvalue weighted by atomic mass is 127. The van der Waals surface area contributed by atoms with Crippen LogP contribution in [0.5, 0.6) is 11.5 Å². The van der Waals surface area contributed by atoms with Crippen molar-refractivity contribution < 1.29 is 14.3 Å². The first kappa shape index (κ1) is 22.8. The van der Waals surface area contributed by atoms with Gasteiger partial charge in [0.25, 0.3) is 5.91 Å². The zero-order chi connectivity index (χ0) is 22.4. The highest BCUT2D eigenvalue weighted by molar-refractivity contribution is 14.1. The fraction of sp³-hybridized carbons (Fsp3) is 0.200. The van der Waals surface area contributed by atoms with Gasteiger partial charge in [-0.15, -0.1) is 0 Å². The maximum absolute atomic E-state index is 12.3. The molecule has 0 aliphatic carbocycles. The molecular formula is C25H25IN2O3. The molecule has 0 aromatic heterocycles. The standard InChI is InChI=1S/C25H25IN2O3/c1-16-7-5-9-20(11-16)28-24(29)15-31-25-21(26)12-19(13-23(25)30-4)14-27-22-10-6-8-17(2)18(22)3/h5-14H,15H2,1-4H3,(H,28,29). The number of hydrogen-bond donors (Lipinski definition) is 1. The summed E-state index contributed by atoms with van der Waals surface area (Å²) in [4.78, 5) is 16.9. The fourth-order valence-electron chi connectivity index (χ4n) is 3.03. The Morgan fingerprint density at radius 1 is 1.10 bits per heavy atom. The van der Waals surface area contributed by atoms with Crippen molar-refractivity contribution >= 4 is 46.1 Å². The number of amides is 1. The molecule has 3 rings (SSSR count). The van der Waals surface area contributed by atoms with Gasteiger partial charge in [0.05, 0.1) is 16.4 Å². The van der Waals surface area contributed by atoms with Crippen LogP contribution in [0.2, 0.25) is 0 Å². The molecule has 5 nitrogen and oxygen atoms in total. The minimum Gasteiger partial charge on any atom is -0.493 e. The van der Waals surface area contributed by atoms with Gasteiger partial charge < -0.3 is 14.8 Å². The molecule has 0 unspecified atom stereocenters. The summed E-state index contributed by atoms with van der Waals surface area (Å²) in [7, 11) is 1.58. The van der Waals surface area contributed by atoms with Crippen molar-refractivity contribution in [3.8, 4) is 11.5 Å². The van der Waals surface area contributed by atoms with Gasteiger partial charge in [-0.1, -0.05) is 24.3 Å². The van der Waals surface area contributed by atoms with E-state index in [1.54, 1.807) is 13.3 Å². The number of ether oxygens (including phenoxy) is 2. The summed E-state index contributed by atoms with van der Waals surface area (Å²) in [6.45, 7) is 5.99. The van der Waals surface area contributed by atoms with E-state index in [2.05, 4.69) is 52.8 Å². The van der Waals surface area contributed by atoms with Crippen molar-refractivity contribution in [2.45, 2.75) is 20.8 Å². The first-order valence-electron chi connectivity index (χ1n) is 9.84. The lowest BCUT2D eigenvalue weighted by Gasteiger charge is -2.14. The average Bonchev–Trinajstić information content (AvgIpc) is 2.73. The summed E-state index contributed by atoms with van der Waals surface area (Å²) >= 11 is 2.18. The van der Waals surface area contributed by atoms with Gasteiger partial charge in [-0.05, 0) is 95.9 Å². The third-order valence-electron chi connectivity index (χ3n) is 4.83. The number of rotatable bonds is 7. The minimum absolute atomic E-state index is 0.115. The van der Waals surface area contributed by atoms with Crippen molar-refractivity contribution in [1.82, 2.24) is 0 Å². The topological polar surface area (TPSA) is 59.9 Å². The van der Waals surface area contributed by atoms with Crippen molar-refractivity contribution in [2.75, 3.05) is 19.0 Å². The minimum atomic E-state index is -0.232. The summed E-state index contributed by atoms with van der Waals surface area (Å²) in [6, 6.07) is 17.5. The lowest BCUT2D eigenvalue weighted by Crippen LogP contribution is -2.20. The second-order valence-corrected chi connectivity index (χ2v) is 8.38. The van der Waals surface area contributed by atoms with Crippen LogP contribution in [0.1, 0.15) is 22.3 Å². The van der Waals surface area contributed by atoms with Crippen LogP contribution in [0.25, 0.3) is 0 Å². The number of nitrogens with zero attached hydrogens (tertiary/aromatic N) is 1. The lowest BCUT2D eigenvalue weighted by atomic mass is 10.1. The number of halogens is 1. The predicted molar refractivity (Wildman–Crippen MR) is 134 cm³/mol. The average molecular weight is 528 g/mol. The normalized spacial score (nSPS) is 10.9. The van der Waals surface area contributed by atoms with Crippen molar-refractivity contribution in [3.63, 3.8) is 0 Å². The molecule has 0 atom stereocenters. The third-order valence-corrected chi connectivity index (χ3v) is 5.63. The van der Waals surface area contributed by atoms with Gasteiger partial charge in [-0.25, -0.2) is 0 Å². The molecule has 0 aliphatic rings. The number of carbonyl (C=O) groups is 1. The Bertz CT molecular complexity index is 1130. The quantitative estimate of drug-likeness (QED) is 0.303. The van der Waals surface area contributed by atoms with Gasteiger partial charge in [0.15, 0.2) is 18.1 Å². The van der Waals surface area contributed by atoms with E-state index in [0.29, 0.717) is 11.5 Å². The summed E-state index contributed by atoms with van der Waals surface area (Å²) < 4.78 is 12.1. The van der Waals surface area contributed by atoms with Gasteiger partial charge in [0.2, 0.25) is 0 Å². The molecule has 0 bridgehead atoms. The molecule has 0 radical (unpaired) electrons. The molecule has 0 aliphatic heterocycles. The van der Waals surface area contributed by atoms with Crippen LogP contribution in [-0.2, 0) is 4.79 Å². The van der Waals surface area contributed by atoms with E-state index < -0.39 is 0 Å². The van der Waals surface area contributed by atoms with Gasteiger partial charge >= 0.3 is 0 Å². The zero-order valence-electron chi connectivity index (χ0n) is 18.0. The van der Waals surface area contributed by atoms with Crippen LogP contribution in [-0.4, -0.2) is 25.8 Å². The molecule has 3 aromatic rings. The zero-order valence-corrected chi connectivity index (χ0v) is 20.2. The van der Waals surface area contributed by atoms with E-state index >= 15 is 0 Å². The lowest BCUT2D eigenvalue weighted by molar-refractivity contribution is -0.118. The Hall–Kier alpha value is -2.87. The number of nitrogens with one attached hydrogen (secondary N) is 1. The molecule has 3 aromatic carbocycles. The van der Waals surface area contributed by atoms with Crippen LogP contribution >= 0.6 is 22.6 Å². The van der Waals surface area contributed by atoms with E-state index in [4.69, 9.17) is 9.47 Å². The van der Waals surface area contributed by atoms with Crippen LogP contribution in [0.3, 0.4) is 0 Å². The molecule has 1 N–H and O–H groups in total. The van der Waals surface area contributed by atoms with Crippen LogP contribution in [0.4, 0.5) is 11.4 Å².